The van der Waals surface area contributed by atoms with Gasteiger partial charge in [-0.2, -0.15) is 0 Å². The lowest BCUT2D eigenvalue weighted by Crippen LogP contribution is -2.17. The van der Waals surface area contributed by atoms with E-state index in [2.05, 4.69) is 0 Å². The molecule has 0 heterocycles. The predicted octanol–water partition coefficient (Wildman–Crippen LogP) is 3.36. The Morgan fingerprint density at radius 2 is 1.85 bits per heavy atom. The SMILES string of the molecule is CC(C)(O)c1ccc(Cl)c(Cl)c1F. The van der Waals surface area contributed by atoms with Crippen LogP contribution in [0.4, 0.5) is 4.39 Å². The number of halogens is 3. The van der Waals surface area contributed by atoms with Gasteiger partial charge in [0.1, 0.15) is 5.82 Å². The Balaban J connectivity index is 3.35. The van der Waals surface area contributed by atoms with Crippen LogP contribution in [0, 0.1) is 5.82 Å². The van der Waals surface area contributed by atoms with Crippen molar-refractivity contribution >= 4 is 23.2 Å². The van der Waals surface area contributed by atoms with Crippen molar-refractivity contribution in [3.8, 4) is 0 Å². The molecular formula is C9H9Cl2FO. The van der Waals surface area contributed by atoms with Gasteiger partial charge in [0.2, 0.25) is 0 Å². The van der Waals surface area contributed by atoms with E-state index in [1.165, 1.54) is 26.0 Å². The minimum Gasteiger partial charge on any atom is -0.386 e. The number of rotatable bonds is 1. The van der Waals surface area contributed by atoms with Crippen molar-refractivity contribution in [3.63, 3.8) is 0 Å². The fourth-order valence-electron chi connectivity index (χ4n) is 0.998. The van der Waals surface area contributed by atoms with Crippen LogP contribution in [0.3, 0.4) is 0 Å². The molecule has 0 fully saturated rings. The van der Waals surface area contributed by atoms with E-state index in [4.69, 9.17) is 23.2 Å². The average Bonchev–Trinajstić information content (AvgIpc) is 1.98. The summed E-state index contributed by atoms with van der Waals surface area (Å²) >= 11 is 11.2. The second-order valence-electron chi connectivity index (χ2n) is 3.28. The molecule has 1 aromatic carbocycles. The third kappa shape index (κ3) is 2.13. The van der Waals surface area contributed by atoms with E-state index < -0.39 is 11.4 Å². The van der Waals surface area contributed by atoms with Crippen molar-refractivity contribution in [1.29, 1.82) is 0 Å². The molecule has 0 radical (unpaired) electrons. The van der Waals surface area contributed by atoms with E-state index in [0.717, 1.165) is 0 Å². The first-order valence-electron chi connectivity index (χ1n) is 3.70. The van der Waals surface area contributed by atoms with Gasteiger partial charge in [-0.3, -0.25) is 0 Å². The minimum absolute atomic E-state index is 0.141. The van der Waals surface area contributed by atoms with Gasteiger partial charge < -0.3 is 5.11 Å². The van der Waals surface area contributed by atoms with E-state index in [-0.39, 0.29) is 15.6 Å². The molecule has 4 heteroatoms. The summed E-state index contributed by atoms with van der Waals surface area (Å²) in [7, 11) is 0. The van der Waals surface area contributed by atoms with Crippen LogP contribution in [-0.2, 0) is 5.60 Å². The third-order valence-corrected chi connectivity index (χ3v) is 2.48. The zero-order valence-electron chi connectivity index (χ0n) is 7.24. The summed E-state index contributed by atoms with van der Waals surface area (Å²) in [4.78, 5) is 0. The van der Waals surface area contributed by atoms with Gasteiger partial charge >= 0.3 is 0 Å². The molecule has 72 valence electrons. The Morgan fingerprint density at radius 1 is 1.31 bits per heavy atom. The molecule has 0 aromatic heterocycles. The second kappa shape index (κ2) is 3.45. The van der Waals surface area contributed by atoms with Gasteiger partial charge in [-0.05, 0) is 19.9 Å². The first kappa shape index (κ1) is 10.8. The summed E-state index contributed by atoms with van der Waals surface area (Å²) in [6.07, 6.45) is 0. The van der Waals surface area contributed by atoms with Crippen LogP contribution >= 0.6 is 23.2 Å². The fraction of sp³-hybridized carbons (Fsp3) is 0.333. The molecule has 1 aromatic rings. The maximum absolute atomic E-state index is 13.4. The summed E-state index contributed by atoms with van der Waals surface area (Å²) in [5.74, 6) is -0.665. The number of hydrogen-bond donors (Lipinski definition) is 1. The van der Waals surface area contributed by atoms with Crippen molar-refractivity contribution in [2.75, 3.05) is 0 Å². The highest BCUT2D eigenvalue weighted by Gasteiger charge is 2.22. The van der Waals surface area contributed by atoms with Gasteiger partial charge in [-0.15, -0.1) is 0 Å². The van der Waals surface area contributed by atoms with Gasteiger partial charge in [-0.1, -0.05) is 29.3 Å². The van der Waals surface area contributed by atoms with Crippen LogP contribution in [0.25, 0.3) is 0 Å². The average molecular weight is 223 g/mol. The summed E-state index contributed by atoms with van der Waals surface area (Å²) in [5.41, 5.74) is -1.11. The summed E-state index contributed by atoms with van der Waals surface area (Å²) < 4.78 is 13.4. The second-order valence-corrected chi connectivity index (χ2v) is 4.07. The van der Waals surface area contributed by atoms with E-state index in [1.807, 2.05) is 0 Å². The van der Waals surface area contributed by atoms with E-state index in [0.29, 0.717) is 0 Å². The molecule has 0 atom stereocenters. The molecule has 0 aliphatic heterocycles. The van der Waals surface area contributed by atoms with Crippen LogP contribution < -0.4 is 0 Å². The molecule has 13 heavy (non-hydrogen) atoms. The summed E-state index contributed by atoms with van der Waals surface area (Å²) in [6, 6.07) is 2.88. The molecule has 1 N–H and O–H groups in total. The van der Waals surface area contributed by atoms with Gasteiger partial charge in [0, 0.05) is 5.56 Å². The topological polar surface area (TPSA) is 20.2 Å². The largest absolute Gasteiger partial charge is 0.386 e. The maximum Gasteiger partial charge on any atom is 0.149 e. The standard InChI is InChI=1S/C9H9Cl2FO/c1-9(2,13)5-3-4-6(10)7(11)8(5)12/h3-4,13H,1-2H3. The molecule has 0 unspecified atom stereocenters. The van der Waals surface area contributed by atoms with Crippen LogP contribution in [0.15, 0.2) is 12.1 Å². The van der Waals surface area contributed by atoms with Crippen LogP contribution in [0.1, 0.15) is 19.4 Å². The van der Waals surface area contributed by atoms with E-state index in [9.17, 15) is 9.50 Å². The zero-order chi connectivity index (χ0) is 10.2. The Bertz CT molecular complexity index is 331. The Kier molecular flexibility index (Phi) is 2.85. The first-order valence-corrected chi connectivity index (χ1v) is 4.46. The number of benzene rings is 1. The van der Waals surface area contributed by atoms with Crippen LogP contribution in [0.2, 0.25) is 10.0 Å². The lowest BCUT2D eigenvalue weighted by molar-refractivity contribution is 0.0746. The van der Waals surface area contributed by atoms with Crippen molar-refractivity contribution in [3.05, 3.63) is 33.6 Å². The summed E-state index contributed by atoms with van der Waals surface area (Å²) in [6.45, 7) is 2.96. The Labute approximate surface area is 86.1 Å². The quantitative estimate of drug-likeness (QED) is 0.723. The molecule has 0 saturated heterocycles. The predicted molar refractivity (Wildman–Crippen MR) is 51.7 cm³/mol. The highest BCUT2D eigenvalue weighted by molar-refractivity contribution is 6.42. The lowest BCUT2D eigenvalue weighted by Gasteiger charge is -2.19. The number of aliphatic hydroxyl groups is 1. The van der Waals surface area contributed by atoms with Gasteiger partial charge in [-0.25, -0.2) is 4.39 Å². The highest BCUT2D eigenvalue weighted by atomic mass is 35.5. The molecular weight excluding hydrogens is 214 g/mol. The molecule has 0 aliphatic carbocycles. The Morgan fingerprint density at radius 3 is 2.31 bits per heavy atom. The fourth-order valence-corrected chi connectivity index (χ4v) is 1.31. The van der Waals surface area contributed by atoms with Gasteiger partial charge in [0.15, 0.2) is 0 Å². The lowest BCUT2D eigenvalue weighted by atomic mass is 9.98. The molecule has 1 rings (SSSR count). The van der Waals surface area contributed by atoms with Crippen LogP contribution in [-0.4, -0.2) is 5.11 Å². The normalized spacial score (nSPS) is 11.8. The molecule has 0 aliphatic rings. The first-order chi connectivity index (χ1) is 5.84. The minimum atomic E-state index is -1.25. The zero-order valence-corrected chi connectivity index (χ0v) is 8.75. The van der Waals surface area contributed by atoms with Gasteiger partial charge in [0.25, 0.3) is 0 Å². The van der Waals surface area contributed by atoms with Crippen molar-refractivity contribution in [2.45, 2.75) is 19.4 Å². The van der Waals surface area contributed by atoms with Gasteiger partial charge in [0.05, 0.1) is 15.6 Å². The molecule has 0 amide bonds. The molecule has 0 bridgehead atoms. The molecule has 0 saturated carbocycles. The molecule has 0 spiro atoms. The van der Waals surface area contributed by atoms with Crippen LogP contribution in [0.5, 0.6) is 0 Å². The van der Waals surface area contributed by atoms with E-state index in [1.54, 1.807) is 0 Å². The van der Waals surface area contributed by atoms with Crippen molar-refractivity contribution < 1.29 is 9.50 Å². The third-order valence-electron chi connectivity index (χ3n) is 1.69. The maximum atomic E-state index is 13.4. The summed E-state index contributed by atoms with van der Waals surface area (Å²) in [5, 5.41) is 9.54. The van der Waals surface area contributed by atoms with Crippen molar-refractivity contribution in [1.82, 2.24) is 0 Å². The van der Waals surface area contributed by atoms with E-state index >= 15 is 0 Å². The smallest absolute Gasteiger partial charge is 0.149 e. The Hall–Kier alpha value is -0.310. The number of hydrogen-bond acceptors (Lipinski definition) is 1. The monoisotopic (exact) mass is 222 g/mol. The highest BCUT2D eigenvalue weighted by Crippen LogP contribution is 2.32. The molecule has 1 nitrogen and oxygen atoms in total. The van der Waals surface area contributed by atoms with Crippen molar-refractivity contribution in [2.24, 2.45) is 0 Å².